The van der Waals surface area contributed by atoms with Gasteiger partial charge in [0.15, 0.2) is 0 Å². The molecule has 112 valence electrons. The Morgan fingerprint density at radius 3 is 2.14 bits per heavy atom. The van der Waals surface area contributed by atoms with Gasteiger partial charge in [-0.15, -0.1) is 0 Å². The van der Waals surface area contributed by atoms with Gasteiger partial charge in [-0.3, -0.25) is 0 Å². The number of carbonyl (C=O) groups excluding carboxylic acids is 1. The minimum atomic E-state index is -1.13. The van der Waals surface area contributed by atoms with Crippen molar-refractivity contribution in [2.75, 3.05) is 0 Å². The normalized spacial score (nSPS) is 14.1. The maximum Gasteiger partial charge on any atom is 0.0707 e. The molecule has 0 radical (unpaired) electrons. The molecule has 5 heteroatoms. The number of carboxylic acids is 1. The molecule has 0 aromatic heterocycles. The maximum atomic E-state index is 11.0. The third-order valence-corrected chi connectivity index (χ3v) is 6.78. The van der Waals surface area contributed by atoms with Gasteiger partial charge in [0, 0.05) is 4.47 Å². The standard InChI is InChI=1S/C17H11Br3O2/c18-12-4-6-14-10(8-12)2-1-9-7-11(3-5-13(9)14)15(19)16(20)17(21)22/h1-8,15-16H,(H,21,22)/p-1. The van der Waals surface area contributed by atoms with Gasteiger partial charge in [-0.05, 0) is 45.3 Å². The third-order valence-electron chi connectivity index (χ3n) is 3.62. The van der Waals surface area contributed by atoms with Crippen LogP contribution in [0.5, 0.6) is 0 Å². The molecule has 0 aliphatic rings. The Labute approximate surface area is 152 Å². The SMILES string of the molecule is O=C([O-])C(Br)C(Br)c1ccc2c(ccc3cc(Br)ccc32)c1. The zero-order valence-electron chi connectivity index (χ0n) is 11.2. The molecule has 0 fully saturated rings. The highest BCUT2D eigenvalue weighted by molar-refractivity contribution is 9.12. The van der Waals surface area contributed by atoms with E-state index < -0.39 is 10.8 Å². The predicted molar refractivity (Wildman–Crippen MR) is 98.5 cm³/mol. The zero-order chi connectivity index (χ0) is 15.9. The summed E-state index contributed by atoms with van der Waals surface area (Å²) in [4.78, 5) is 9.87. The fraction of sp³-hybridized carbons (Fsp3) is 0.118. The van der Waals surface area contributed by atoms with E-state index in [-0.39, 0.29) is 4.83 Å². The van der Waals surface area contributed by atoms with Gasteiger partial charge in [0.25, 0.3) is 0 Å². The number of carbonyl (C=O) groups is 1. The Hall–Kier alpha value is -0.910. The number of rotatable bonds is 3. The van der Waals surface area contributed by atoms with Crippen LogP contribution in [0.1, 0.15) is 10.4 Å². The molecule has 2 nitrogen and oxygen atoms in total. The number of carboxylic acid groups (broad SMARTS) is 1. The molecule has 0 saturated heterocycles. The number of hydrogen-bond acceptors (Lipinski definition) is 2. The highest BCUT2D eigenvalue weighted by Gasteiger charge is 2.19. The molecular formula is C17H10Br3O2-. The molecule has 22 heavy (non-hydrogen) atoms. The molecule has 0 N–H and O–H groups in total. The largest absolute Gasteiger partial charge is 0.549 e. The second kappa shape index (κ2) is 6.30. The molecule has 0 aliphatic heterocycles. The van der Waals surface area contributed by atoms with Crippen LogP contribution >= 0.6 is 47.8 Å². The van der Waals surface area contributed by atoms with Gasteiger partial charge in [0.2, 0.25) is 0 Å². The van der Waals surface area contributed by atoms with E-state index in [9.17, 15) is 9.90 Å². The van der Waals surface area contributed by atoms with Crippen molar-refractivity contribution in [3.8, 4) is 0 Å². The number of hydrogen-bond donors (Lipinski definition) is 0. The van der Waals surface area contributed by atoms with Crippen molar-refractivity contribution in [2.24, 2.45) is 0 Å². The van der Waals surface area contributed by atoms with Crippen molar-refractivity contribution in [1.29, 1.82) is 0 Å². The van der Waals surface area contributed by atoms with Crippen molar-refractivity contribution in [3.63, 3.8) is 0 Å². The molecule has 0 saturated carbocycles. The third kappa shape index (κ3) is 2.94. The average molecular weight is 486 g/mol. The highest BCUT2D eigenvalue weighted by Crippen LogP contribution is 2.35. The van der Waals surface area contributed by atoms with E-state index in [2.05, 4.69) is 72.1 Å². The number of halogens is 3. The molecular weight excluding hydrogens is 476 g/mol. The van der Waals surface area contributed by atoms with E-state index in [1.165, 1.54) is 5.39 Å². The van der Waals surface area contributed by atoms with E-state index in [1.807, 2.05) is 24.3 Å². The first-order chi connectivity index (χ1) is 10.5. The summed E-state index contributed by atoms with van der Waals surface area (Å²) in [5.41, 5.74) is 0.898. The van der Waals surface area contributed by atoms with Crippen molar-refractivity contribution in [2.45, 2.75) is 9.65 Å². The van der Waals surface area contributed by atoms with Gasteiger partial charge in [0.1, 0.15) is 0 Å². The number of aliphatic carboxylic acids is 1. The van der Waals surface area contributed by atoms with Crippen LogP contribution in [0, 0.1) is 0 Å². The van der Waals surface area contributed by atoms with E-state index in [0.29, 0.717) is 0 Å². The average Bonchev–Trinajstić information content (AvgIpc) is 2.52. The van der Waals surface area contributed by atoms with Gasteiger partial charge in [-0.1, -0.05) is 78.1 Å². The Kier molecular flexibility index (Phi) is 4.57. The highest BCUT2D eigenvalue weighted by atomic mass is 79.9. The first-order valence-electron chi connectivity index (χ1n) is 6.58. The molecule has 0 aliphatic carbocycles. The van der Waals surface area contributed by atoms with Crippen LogP contribution in [0.3, 0.4) is 0 Å². The Bertz CT molecular complexity index is 876. The molecule has 0 amide bonds. The van der Waals surface area contributed by atoms with Gasteiger partial charge >= 0.3 is 0 Å². The van der Waals surface area contributed by atoms with Gasteiger partial charge < -0.3 is 9.90 Å². The van der Waals surface area contributed by atoms with Gasteiger partial charge in [-0.2, -0.15) is 0 Å². The summed E-state index contributed by atoms with van der Waals surface area (Å²) >= 11 is 10.0. The van der Waals surface area contributed by atoms with Crippen LogP contribution in [0.15, 0.2) is 53.0 Å². The molecule has 3 aromatic rings. The molecule has 0 bridgehead atoms. The lowest BCUT2D eigenvalue weighted by atomic mass is 9.99. The Morgan fingerprint density at radius 1 is 0.909 bits per heavy atom. The van der Waals surface area contributed by atoms with E-state index in [1.54, 1.807) is 0 Å². The minimum absolute atomic E-state index is 0.345. The summed E-state index contributed by atoms with van der Waals surface area (Å²) in [5.74, 6) is -1.13. The lowest BCUT2D eigenvalue weighted by Gasteiger charge is -2.18. The molecule has 3 rings (SSSR count). The van der Waals surface area contributed by atoms with Crippen LogP contribution in [-0.2, 0) is 4.79 Å². The van der Waals surface area contributed by atoms with Crippen LogP contribution in [0.2, 0.25) is 0 Å². The van der Waals surface area contributed by atoms with Gasteiger partial charge in [0.05, 0.1) is 15.6 Å². The second-order valence-electron chi connectivity index (χ2n) is 5.03. The van der Waals surface area contributed by atoms with Crippen LogP contribution in [0.4, 0.5) is 0 Å². The summed E-state index contributed by atoms with van der Waals surface area (Å²) in [6, 6.07) is 16.3. The van der Waals surface area contributed by atoms with Crippen LogP contribution < -0.4 is 5.11 Å². The van der Waals surface area contributed by atoms with Crippen molar-refractivity contribution >= 4 is 75.3 Å². The first kappa shape index (κ1) is 16.0. The Balaban J connectivity index is 2.13. The quantitative estimate of drug-likeness (QED) is 0.398. The lowest BCUT2D eigenvalue weighted by molar-refractivity contribution is -0.304. The van der Waals surface area contributed by atoms with Crippen molar-refractivity contribution in [1.82, 2.24) is 0 Å². The van der Waals surface area contributed by atoms with Crippen LogP contribution in [-0.4, -0.2) is 10.8 Å². The maximum absolute atomic E-state index is 11.0. The summed E-state index contributed by atoms with van der Waals surface area (Å²) in [6.45, 7) is 0. The molecule has 2 atom stereocenters. The predicted octanol–water partition coefficient (Wildman–Crippen LogP) is 4.70. The molecule has 0 heterocycles. The summed E-state index contributed by atoms with van der Waals surface area (Å²) in [6.07, 6.45) is 0. The zero-order valence-corrected chi connectivity index (χ0v) is 16.0. The molecule has 2 unspecified atom stereocenters. The minimum Gasteiger partial charge on any atom is -0.549 e. The number of alkyl halides is 2. The van der Waals surface area contributed by atoms with Crippen molar-refractivity contribution < 1.29 is 9.90 Å². The summed E-state index contributed by atoms with van der Waals surface area (Å²) in [5, 5.41) is 15.6. The van der Waals surface area contributed by atoms with Crippen LogP contribution in [0.25, 0.3) is 21.5 Å². The smallest absolute Gasteiger partial charge is 0.0707 e. The van der Waals surface area contributed by atoms with E-state index in [0.717, 1.165) is 26.2 Å². The lowest BCUT2D eigenvalue weighted by Crippen LogP contribution is -2.34. The van der Waals surface area contributed by atoms with Gasteiger partial charge in [-0.25, -0.2) is 0 Å². The fourth-order valence-electron chi connectivity index (χ4n) is 2.52. The molecule has 0 spiro atoms. The van der Waals surface area contributed by atoms with Crippen molar-refractivity contribution in [3.05, 3.63) is 58.6 Å². The topological polar surface area (TPSA) is 40.1 Å². The second-order valence-corrected chi connectivity index (χ2v) is 7.92. The number of benzene rings is 3. The monoisotopic (exact) mass is 483 g/mol. The first-order valence-corrected chi connectivity index (χ1v) is 9.21. The molecule has 3 aromatic carbocycles. The summed E-state index contributed by atoms with van der Waals surface area (Å²) < 4.78 is 1.05. The summed E-state index contributed by atoms with van der Waals surface area (Å²) in [7, 11) is 0. The van der Waals surface area contributed by atoms with E-state index >= 15 is 0 Å². The fourth-order valence-corrected chi connectivity index (χ4v) is 3.71. The Morgan fingerprint density at radius 2 is 1.50 bits per heavy atom. The van der Waals surface area contributed by atoms with E-state index in [4.69, 9.17) is 0 Å². The number of fused-ring (bicyclic) bond motifs is 3.